The van der Waals surface area contributed by atoms with Crippen LogP contribution in [0.2, 0.25) is 0 Å². The number of hydrogen-bond acceptors (Lipinski definition) is 4. The van der Waals surface area contributed by atoms with Gasteiger partial charge in [-0.15, -0.1) is 0 Å². The van der Waals surface area contributed by atoms with Crippen LogP contribution >= 0.6 is 0 Å². The quantitative estimate of drug-likeness (QED) is 0.647. The van der Waals surface area contributed by atoms with Crippen LogP contribution < -0.4 is 4.74 Å². The number of ether oxygens (including phenoxy) is 1. The van der Waals surface area contributed by atoms with Gasteiger partial charge in [-0.25, -0.2) is 9.18 Å². The van der Waals surface area contributed by atoms with Gasteiger partial charge in [-0.2, -0.15) is 0 Å². The highest BCUT2D eigenvalue weighted by molar-refractivity contribution is 6.19. The molecule has 0 spiro atoms. The number of alkyl halides is 1. The van der Waals surface area contributed by atoms with E-state index in [1.807, 2.05) is 13.8 Å². The summed E-state index contributed by atoms with van der Waals surface area (Å²) in [4.78, 5) is 24.8. The predicted octanol–water partition coefficient (Wildman–Crippen LogP) is 4.97. The minimum Gasteiger partial charge on any atom is -0.480 e. The third kappa shape index (κ3) is 2.44. The van der Waals surface area contributed by atoms with Crippen LogP contribution in [0.1, 0.15) is 52.9 Å². The van der Waals surface area contributed by atoms with E-state index in [1.54, 1.807) is 31.2 Å². The van der Waals surface area contributed by atoms with E-state index in [0.29, 0.717) is 11.0 Å². The summed E-state index contributed by atoms with van der Waals surface area (Å²) in [6.07, 6.45) is -0.0918. The Morgan fingerprint density at radius 1 is 1.18 bits per heavy atom. The van der Waals surface area contributed by atoms with Gasteiger partial charge in [0.2, 0.25) is 5.78 Å². The number of halogens is 1. The maximum absolute atomic E-state index is 15.7. The van der Waals surface area contributed by atoms with Crippen LogP contribution in [0.15, 0.2) is 47.1 Å². The predicted molar refractivity (Wildman–Crippen MR) is 101 cm³/mol. The monoisotopic (exact) mass is 382 g/mol. The fourth-order valence-corrected chi connectivity index (χ4v) is 3.63. The molecule has 0 saturated carbocycles. The Morgan fingerprint density at radius 3 is 2.46 bits per heavy atom. The van der Waals surface area contributed by atoms with Crippen LogP contribution in [0, 0.1) is 6.92 Å². The van der Waals surface area contributed by atoms with Crippen LogP contribution in [0.4, 0.5) is 4.39 Å². The smallest absolute Gasteiger partial charge is 0.354 e. The lowest BCUT2D eigenvalue weighted by Crippen LogP contribution is -2.52. The van der Waals surface area contributed by atoms with Gasteiger partial charge in [0, 0.05) is 0 Å². The minimum absolute atomic E-state index is 0.100. The number of carboxylic acid groups (broad SMARTS) is 1. The van der Waals surface area contributed by atoms with Gasteiger partial charge in [0.25, 0.3) is 0 Å². The molecule has 1 aliphatic heterocycles. The number of carbonyl (C=O) groups is 2. The van der Waals surface area contributed by atoms with Crippen molar-refractivity contribution in [2.24, 2.45) is 0 Å². The zero-order chi connectivity index (χ0) is 20.2. The average Bonchev–Trinajstić information content (AvgIpc) is 3.05. The number of hydrogen-bond donors (Lipinski definition) is 1. The number of aliphatic carboxylic acids is 1. The Labute approximate surface area is 160 Å². The second-order valence-corrected chi connectivity index (χ2v) is 7.40. The maximum Gasteiger partial charge on any atom is 0.354 e. The summed E-state index contributed by atoms with van der Waals surface area (Å²) in [5, 5.41) is 10.1. The van der Waals surface area contributed by atoms with E-state index in [1.165, 1.54) is 18.4 Å². The van der Waals surface area contributed by atoms with Gasteiger partial charge in [-0.1, -0.05) is 38.1 Å². The summed E-state index contributed by atoms with van der Waals surface area (Å²) in [6, 6.07) is 9.65. The largest absolute Gasteiger partial charge is 0.480 e. The third-order valence-electron chi connectivity index (χ3n) is 5.27. The van der Waals surface area contributed by atoms with Crippen LogP contribution in [0.5, 0.6) is 5.75 Å². The van der Waals surface area contributed by atoms with Crippen molar-refractivity contribution in [2.75, 3.05) is 0 Å². The third-order valence-corrected chi connectivity index (χ3v) is 5.27. The Kier molecular flexibility index (Phi) is 4.03. The Balaban J connectivity index is 1.93. The molecule has 0 bridgehead atoms. The molecule has 6 heteroatoms. The fraction of sp³-hybridized carbons (Fsp3) is 0.273. The van der Waals surface area contributed by atoms with E-state index >= 15 is 4.39 Å². The van der Waals surface area contributed by atoms with Gasteiger partial charge in [0.15, 0.2) is 6.10 Å². The lowest BCUT2D eigenvalue weighted by Gasteiger charge is -2.35. The molecular weight excluding hydrogens is 363 g/mol. The molecule has 0 radical (unpaired) electrons. The number of aryl methyl sites for hydroxylation is 1. The highest BCUT2D eigenvalue weighted by Gasteiger charge is 2.59. The fourth-order valence-electron chi connectivity index (χ4n) is 3.63. The molecule has 4 rings (SSSR count). The van der Waals surface area contributed by atoms with Gasteiger partial charge in [0.05, 0.1) is 17.2 Å². The average molecular weight is 382 g/mol. The van der Waals surface area contributed by atoms with Crippen molar-refractivity contribution < 1.29 is 28.2 Å². The van der Waals surface area contributed by atoms with Crippen molar-refractivity contribution in [3.63, 3.8) is 0 Å². The van der Waals surface area contributed by atoms with Gasteiger partial charge in [-0.3, -0.25) is 4.79 Å². The zero-order valence-corrected chi connectivity index (χ0v) is 15.7. The van der Waals surface area contributed by atoms with E-state index in [4.69, 9.17) is 9.15 Å². The molecule has 0 saturated heterocycles. The van der Waals surface area contributed by atoms with E-state index in [2.05, 4.69) is 0 Å². The summed E-state index contributed by atoms with van der Waals surface area (Å²) < 4.78 is 27.0. The topological polar surface area (TPSA) is 76.7 Å². The van der Waals surface area contributed by atoms with E-state index in [0.717, 1.165) is 11.1 Å². The minimum atomic E-state index is -3.22. The first-order valence-corrected chi connectivity index (χ1v) is 8.99. The SMILES string of the molecule is Cc1coc2ccc3c(c12)OC(c1ccc(C(C)C)cc1)C(F)(C(=O)O)C3=O. The normalized spacial score (nSPS) is 21.6. The first kappa shape index (κ1) is 18.2. The first-order valence-electron chi connectivity index (χ1n) is 8.99. The zero-order valence-electron chi connectivity index (χ0n) is 15.7. The number of fused-ring (bicyclic) bond motifs is 3. The Morgan fingerprint density at radius 2 is 1.86 bits per heavy atom. The molecule has 144 valence electrons. The number of carboxylic acids is 1. The van der Waals surface area contributed by atoms with Crippen molar-refractivity contribution >= 4 is 22.7 Å². The molecule has 0 aliphatic carbocycles. The van der Waals surface area contributed by atoms with Gasteiger partial charge >= 0.3 is 11.6 Å². The van der Waals surface area contributed by atoms with E-state index < -0.39 is 23.5 Å². The Hall–Kier alpha value is -3.15. The van der Waals surface area contributed by atoms with Gasteiger partial charge in [-0.05, 0) is 41.7 Å². The van der Waals surface area contributed by atoms with Crippen molar-refractivity contribution in [1.29, 1.82) is 0 Å². The summed E-state index contributed by atoms with van der Waals surface area (Å²) in [5.74, 6) is -2.58. The molecular formula is C22H19FO5. The second-order valence-electron chi connectivity index (χ2n) is 7.40. The molecule has 1 N–H and O–H groups in total. The number of benzene rings is 2. The van der Waals surface area contributed by atoms with Crippen molar-refractivity contribution in [1.82, 2.24) is 0 Å². The van der Waals surface area contributed by atoms with Crippen molar-refractivity contribution in [3.05, 3.63) is 64.9 Å². The molecule has 2 unspecified atom stereocenters. The molecule has 3 aromatic rings. The lowest BCUT2D eigenvalue weighted by molar-refractivity contribution is -0.154. The summed E-state index contributed by atoms with van der Waals surface area (Å²) >= 11 is 0. The molecule has 1 aliphatic rings. The number of ketones is 1. The highest BCUT2D eigenvalue weighted by atomic mass is 19.1. The van der Waals surface area contributed by atoms with Crippen molar-refractivity contribution in [2.45, 2.75) is 38.5 Å². The van der Waals surface area contributed by atoms with Gasteiger partial charge < -0.3 is 14.3 Å². The molecule has 2 atom stereocenters. The summed E-state index contributed by atoms with van der Waals surface area (Å²) in [5.41, 5.74) is -0.824. The van der Waals surface area contributed by atoms with Crippen LogP contribution in [0.3, 0.4) is 0 Å². The van der Waals surface area contributed by atoms with E-state index in [9.17, 15) is 14.7 Å². The number of Topliss-reactive ketones (excluding diaryl/α,β-unsaturated/α-hetero) is 1. The van der Waals surface area contributed by atoms with Crippen molar-refractivity contribution in [3.8, 4) is 5.75 Å². The van der Waals surface area contributed by atoms with E-state index in [-0.39, 0.29) is 22.8 Å². The molecule has 2 heterocycles. The molecule has 5 nitrogen and oxygen atoms in total. The number of furan rings is 1. The number of carbonyl (C=O) groups excluding carboxylic acids is 1. The van der Waals surface area contributed by atoms with Crippen LogP contribution in [-0.4, -0.2) is 22.5 Å². The van der Waals surface area contributed by atoms with Crippen LogP contribution in [0.25, 0.3) is 11.0 Å². The lowest BCUT2D eigenvalue weighted by atomic mass is 9.82. The highest BCUT2D eigenvalue weighted by Crippen LogP contribution is 2.47. The second kappa shape index (κ2) is 6.19. The molecule has 2 aromatic carbocycles. The summed E-state index contributed by atoms with van der Waals surface area (Å²) in [6.45, 7) is 5.81. The molecule has 28 heavy (non-hydrogen) atoms. The molecule has 0 fully saturated rings. The molecule has 0 amide bonds. The molecule has 1 aromatic heterocycles. The maximum atomic E-state index is 15.7. The van der Waals surface area contributed by atoms with Crippen LogP contribution in [-0.2, 0) is 4.79 Å². The Bertz CT molecular complexity index is 1100. The van der Waals surface area contributed by atoms with Gasteiger partial charge in [0.1, 0.15) is 11.3 Å². The first-order chi connectivity index (χ1) is 13.2. The summed E-state index contributed by atoms with van der Waals surface area (Å²) in [7, 11) is 0. The standard InChI is InChI=1S/C22H19FO5/c1-11(2)13-4-6-14(7-5-13)20-22(23,21(25)26)19(24)15-8-9-16-17(18(15)28-20)12(3)10-27-16/h4-11,20H,1-3H3,(H,25,26). The number of rotatable bonds is 3.